The van der Waals surface area contributed by atoms with Crippen molar-refractivity contribution in [1.29, 1.82) is 5.26 Å². The van der Waals surface area contributed by atoms with Gasteiger partial charge in [0.2, 0.25) is 10.0 Å². The van der Waals surface area contributed by atoms with Crippen LogP contribution in [0.15, 0.2) is 35.4 Å². The molecule has 0 aliphatic carbocycles. The molecule has 2 heterocycles. The second-order valence-electron chi connectivity index (χ2n) is 4.76. The molecule has 0 radical (unpaired) electrons. The molecule has 1 aliphatic rings. The summed E-state index contributed by atoms with van der Waals surface area (Å²) in [6.45, 7) is 1.83. The molecule has 2 aromatic rings. The van der Waals surface area contributed by atoms with E-state index in [1.165, 1.54) is 16.4 Å². The molecule has 114 valence electrons. The smallest absolute Gasteiger partial charge is 0.244 e. The van der Waals surface area contributed by atoms with Crippen LogP contribution >= 0.6 is 11.7 Å². The van der Waals surface area contributed by atoms with Crippen LogP contribution in [0.25, 0.3) is 0 Å². The first-order chi connectivity index (χ1) is 10.6. The average Bonchev–Trinajstić information content (AvgIpc) is 3.09. The summed E-state index contributed by atoms with van der Waals surface area (Å²) in [6.07, 6.45) is 1.68. The minimum Gasteiger partial charge on any atom is -0.352 e. The maximum Gasteiger partial charge on any atom is 0.244 e. The normalized spacial score (nSPS) is 16.4. The fraction of sp³-hybridized carbons (Fsp3) is 0.308. The molecular weight excluding hydrogens is 322 g/mol. The van der Waals surface area contributed by atoms with E-state index in [9.17, 15) is 8.42 Å². The number of nitrogens with zero attached hydrogens (tertiary/aromatic N) is 5. The molecule has 9 heteroatoms. The van der Waals surface area contributed by atoms with Gasteiger partial charge in [0.15, 0.2) is 5.82 Å². The number of benzene rings is 1. The van der Waals surface area contributed by atoms with E-state index in [2.05, 4.69) is 8.75 Å². The van der Waals surface area contributed by atoms with E-state index in [0.717, 1.165) is 17.5 Å². The number of anilines is 1. The first-order valence-corrected chi connectivity index (χ1v) is 8.82. The minimum absolute atomic E-state index is 0.0706. The zero-order chi connectivity index (χ0) is 15.6. The van der Waals surface area contributed by atoms with E-state index >= 15 is 0 Å². The van der Waals surface area contributed by atoms with Gasteiger partial charge in [0.25, 0.3) is 0 Å². The second-order valence-corrected chi connectivity index (χ2v) is 7.23. The van der Waals surface area contributed by atoms with Gasteiger partial charge in [0, 0.05) is 26.2 Å². The zero-order valence-corrected chi connectivity index (χ0v) is 13.2. The molecule has 0 bridgehead atoms. The number of aromatic nitrogens is 2. The van der Waals surface area contributed by atoms with E-state index in [-0.39, 0.29) is 10.5 Å². The van der Waals surface area contributed by atoms with Crippen molar-refractivity contribution in [2.75, 3.05) is 31.1 Å². The fourth-order valence-corrected chi connectivity index (χ4v) is 4.38. The Balaban J connectivity index is 1.79. The molecule has 0 N–H and O–H groups in total. The summed E-state index contributed by atoms with van der Waals surface area (Å²) < 4.78 is 34.9. The number of piperazine rings is 1. The molecule has 1 fully saturated rings. The third-order valence-corrected chi connectivity index (χ3v) is 5.96. The topological polar surface area (TPSA) is 90.2 Å². The van der Waals surface area contributed by atoms with Gasteiger partial charge in [-0.25, -0.2) is 8.42 Å². The van der Waals surface area contributed by atoms with Gasteiger partial charge in [-0.1, -0.05) is 12.1 Å². The number of rotatable bonds is 3. The first kappa shape index (κ1) is 14.9. The molecular formula is C13H13N5O2S2. The van der Waals surface area contributed by atoms with Gasteiger partial charge in [0.05, 0.1) is 28.4 Å². The minimum atomic E-state index is -3.65. The lowest BCUT2D eigenvalue weighted by Crippen LogP contribution is -2.48. The Morgan fingerprint density at radius 2 is 1.91 bits per heavy atom. The summed E-state index contributed by atoms with van der Waals surface area (Å²) in [5.41, 5.74) is 0.175. The summed E-state index contributed by atoms with van der Waals surface area (Å²) in [7, 11) is -3.65. The SMILES string of the molecule is N#Cc1ccccc1S(=O)(=O)N1CCN(c2cnsn2)CC1. The van der Waals surface area contributed by atoms with E-state index in [1.807, 2.05) is 11.0 Å². The predicted octanol–water partition coefficient (Wildman–Crippen LogP) is 0.921. The zero-order valence-electron chi connectivity index (χ0n) is 11.6. The van der Waals surface area contributed by atoms with Crippen molar-refractivity contribution in [1.82, 2.24) is 13.1 Å². The van der Waals surface area contributed by atoms with E-state index < -0.39 is 10.0 Å². The molecule has 7 nitrogen and oxygen atoms in total. The molecule has 22 heavy (non-hydrogen) atoms. The summed E-state index contributed by atoms with van der Waals surface area (Å²) >= 11 is 1.13. The van der Waals surface area contributed by atoms with Crippen LogP contribution in [-0.4, -0.2) is 47.6 Å². The molecule has 0 atom stereocenters. The standard InChI is InChI=1S/C13H13N5O2S2/c14-9-11-3-1-2-4-12(11)22(19,20)18-7-5-17(6-8-18)13-10-15-21-16-13/h1-4,10H,5-8H2. The van der Waals surface area contributed by atoms with Gasteiger partial charge in [0.1, 0.15) is 6.07 Å². The molecule has 0 spiro atoms. The summed E-state index contributed by atoms with van der Waals surface area (Å²) in [5.74, 6) is 0.777. The van der Waals surface area contributed by atoms with Crippen LogP contribution in [0.1, 0.15) is 5.56 Å². The van der Waals surface area contributed by atoms with Gasteiger partial charge >= 0.3 is 0 Å². The second kappa shape index (κ2) is 6.00. The Morgan fingerprint density at radius 1 is 1.18 bits per heavy atom. The fourth-order valence-electron chi connectivity index (χ4n) is 2.38. The highest BCUT2D eigenvalue weighted by Crippen LogP contribution is 2.22. The van der Waals surface area contributed by atoms with Crippen molar-refractivity contribution in [2.24, 2.45) is 0 Å². The Hall–Kier alpha value is -2.02. The van der Waals surface area contributed by atoms with Gasteiger partial charge in [-0.05, 0) is 12.1 Å². The van der Waals surface area contributed by atoms with Crippen LogP contribution in [0.3, 0.4) is 0 Å². The molecule has 0 saturated carbocycles. The van der Waals surface area contributed by atoms with Crippen LogP contribution in [0.5, 0.6) is 0 Å². The monoisotopic (exact) mass is 335 g/mol. The van der Waals surface area contributed by atoms with Gasteiger partial charge < -0.3 is 4.90 Å². The number of hydrogen-bond donors (Lipinski definition) is 0. The Morgan fingerprint density at radius 3 is 2.55 bits per heavy atom. The van der Waals surface area contributed by atoms with Crippen molar-refractivity contribution in [3.05, 3.63) is 36.0 Å². The van der Waals surface area contributed by atoms with Crippen molar-refractivity contribution in [3.63, 3.8) is 0 Å². The van der Waals surface area contributed by atoms with Crippen LogP contribution in [-0.2, 0) is 10.0 Å². The van der Waals surface area contributed by atoms with E-state index in [1.54, 1.807) is 18.3 Å². The highest BCUT2D eigenvalue weighted by Gasteiger charge is 2.30. The Labute approximate surface area is 132 Å². The molecule has 1 aromatic heterocycles. The van der Waals surface area contributed by atoms with Gasteiger partial charge in [-0.2, -0.15) is 18.3 Å². The number of sulfonamides is 1. The number of nitriles is 1. The average molecular weight is 335 g/mol. The molecule has 1 saturated heterocycles. The van der Waals surface area contributed by atoms with Gasteiger partial charge in [-0.3, -0.25) is 0 Å². The molecule has 0 amide bonds. The largest absolute Gasteiger partial charge is 0.352 e. The van der Waals surface area contributed by atoms with Crippen molar-refractivity contribution in [3.8, 4) is 6.07 Å². The van der Waals surface area contributed by atoms with Crippen LogP contribution in [0.4, 0.5) is 5.82 Å². The third kappa shape index (κ3) is 2.68. The quantitative estimate of drug-likeness (QED) is 0.828. The molecule has 3 rings (SSSR count). The predicted molar refractivity (Wildman–Crippen MR) is 82.0 cm³/mol. The molecule has 1 aliphatic heterocycles. The first-order valence-electron chi connectivity index (χ1n) is 6.65. The van der Waals surface area contributed by atoms with Gasteiger partial charge in [-0.15, -0.1) is 0 Å². The summed E-state index contributed by atoms with van der Waals surface area (Å²) in [5, 5.41) is 9.09. The lowest BCUT2D eigenvalue weighted by molar-refractivity contribution is 0.384. The summed E-state index contributed by atoms with van der Waals surface area (Å²) in [6, 6.07) is 8.22. The molecule has 0 unspecified atom stereocenters. The van der Waals surface area contributed by atoms with Crippen LogP contribution in [0, 0.1) is 11.3 Å². The molecule has 1 aromatic carbocycles. The lowest BCUT2D eigenvalue weighted by atomic mass is 10.2. The van der Waals surface area contributed by atoms with Crippen LogP contribution in [0.2, 0.25) is 0 Å². The third-order valence-electron chi connectivity index (χ3n) is 3.54. The van der Waals surface area contributed by atoms with Crippen molar-refractivity contribution in [2.45, 2.75) is 4.90 Å². The number of hydrogen-bond acceptors (Lipinski definition) is 7. The highest BCUT2D eigenvalue weighted by atomic mass is 32.2. The Kier molecular flexibility index (Phi) is 4.06. The van der Waals surface area contributed by atoms with E-state index in [4.69, 9.17) is 5.26 Å². The maximum atomic E-state index is 12.7. The maximum absolute atomic E-state index is 12.7. The van der Waals surface area contributed by atoms with Crippen molar-refractivity contribution < 1.29 is 8.42 Å². The van der Waals surface area contributed by atoms with Crippen molar-refractivity contribution >= 4 is 27.6 Å². The lowest BCUT2D eigenvalue weighted by Gasteiger charge is -2.33. The van der Waals surface area contributed by atoms with E-state index in [0.29, 0.717) is 26.2 Å². The summed E-state index contributed by atoms with van der Waals surface area (Å²) in [4.78, 5) is 2.08. The van der Waals surface area contributed by atoms with Crippen LogP contribution < -0.4 is 4.90 Å². The Bertz CT molecular complexity index is 790. The highest BCUT2D eigenvalue weighted by molar-refractivity contribution is 7.89.